The van der Waals surface area contributed by atoms with Gasteiger partial charge >= 0.3 is 18.4 Å². The Kier molecular flexibility index (Phi) is 8.05. The number of furan rings is 1. The van der Waals surface area contributed by atoms with Crippen molar-refractivity contribution in [3.05, 3.63) is 78.3 Å². The lowest BCUT2D eigenvalue weighted by atomic mass is 10.1. The van der Waals surface area contributed by atoms with Gasteiger partial charge in [0.05, 0.1) is 30.6 Å². The van der Waals surface area contributed by atoms with Crippen molar-refractivity contribution in [1.82, 2.24) is 15.8 Å². The second-order valence-electron chi connectivity index (χ2n) is 8.51. The SMILES string of the molecule is O=C(NNC(=O)C(F)F)c1ccc(CN(C(=O)N2CCS(=O)(=O)CC2)c2ccc(-c3ccoc3)cc2)cc1. The van der Waals surface area contributed by atoms with Crippen molar-refractivity contribution >= 4 is 33.4 Å². The summed E-state index contributed by atoms with van der Waals surface area (Å²) in [6.07, 6.45) is -0.113. The van der Waals surface area contributed by atoms with Crippen LogP contribution in [0.5, 0.6) is 0 Å². The van der Waals surface area contributed by atoms with Crippen LogP contribution in [0.2, 0.25) is 0 Å². The van der Waals surface area contributed by atoms with E-state index in [0.717, 1.165) is 11.1 Å². The number of sulfone groups is 1. The molecule has 0 aliphatic carbocycles. The molecule has 2 N–H and O–H groups in total. The van der Waals surface area contributed by atoms with Gasteiger partial charge in [-0.15, -0.1) is 0 Å². The molecule has 10 nitrogen and oxygen atoms in total. The van der Waals surface area contributed by atoms with Gasteiger partial charge < -0.3 is 9.32 Å². The summed E-state index contributed by atoms with van der Waals surface area (Å²) in [6.45, 7) is 0.263. The van der Waals surface area contributed by atoms with Crippen LogP contribution in [0.15, 0.2) is 71.5 Å². The Morgan fingerprint density at radius 3 is 2.16 bits per heavy atom. The molecule has 0 bridgehead atoms. The summed E-state index contributed by atoms with van der Waals surface area (Å²) in [5.41, 5.74) is 6.61. The summed E-state index contributed by atoms with van der Waals surface area (Å²) in [5.74, 6) is -2.65. The van der Waals surface area contributed by atoms with Crippen LogP contribution in [0, 0.1) is 0 Å². The first-order valence-electron chi connectivity index (χ1n) is 11.5. The molecule has 0 radical (unpaired) electrons. The monoisotopic (exact) mass is 546 g/mol. The molecule has 0 saturated carbocycles. The molecule has 1 aromatic heterocycles. The van der Waals surface area contributed by atoms with Crippen LogP contribution in [0.4, 0.5) is 19.3 Å². The molecule has 4 amide bonds. The number of alkyl halides is 2. The summed E-state index contributed by atoms with van der Waals surface area (Å²) < 4.78 is 53.4. The van der Waals surface area contributed by atoms with E-state index in [2.05, 4.69) is 0 Å². The number of amides is 4. The molecular weight excluding hydrogens is 522 g/mol. The molecule has 3 aromatic rings. The number of hydrogen-bond acceptors (Lipinski definition) is 6. The predicted molar refractivity (Wildman–Crippen MR) is 134 cm³/mol. The number of rotatable bonds is 6. The summed E-state index contributed by atoms with van der Waals surface area (Å²) >= 11 is 0. The smallest absolute Gasteiger partial charge is 0.324 e. The fourth-order valence-corrected chi connectivity index (χ4v) is 5.00. The fourth-order valence-electron chi connectivity index (χ4n) is 3.80. The zero-order valence-electron chi connectivity index (χ0n) is 20.0. The second-order valence-corrected chi connectivity index (χ2v) is 10.8. The topological polar surface area (TPSA) is 129 Å². The fraction of sp³-hybridized carbons (Fsp3) is 0.240. The lowest BCUT2D eigenvalue weighted by molar-refractivity contribution is -0.132. The van der Waals surface area contributed by atoms with E-state index < -0.39 is 28.1 Å². The van der Waals surface area contributed by atoms with Crippen LogP contribution < -0.4 is 15.8 Å². The highest BCUT2D eigenvalue weighted by atomic mass is 32.2. The van der Waals surface area contributed by atoms with E-state index in [1.807, 2.05) is 23.6 Å². The molecule has 1 saturated heterocycles. The van der Waals surface area contributed by atoms with E-state index in [0.29, 0.717) is 11.3 Å². The first-order valence-corrected chi connectivity index (χ1v) is 13.3. The molecule has 1 aliphatic rings. The number of carbonyl (C=O) groups is 3. The Morgan fingerprint density at radius 1 is 0.921 bits per heavy atom. The largest absolute Gasteiger partial charge is 0.472 e. The zero-order valence-corrected chi connectivity index (χ0v) is 20.8. The Morgan fingerprint density at radius 2 is 1.58 bits per heavy atom. The Bertz CT molecular complexity index is 1380. The second kappa shape index (κ2) is 11.4. The average molecular weight is 547 g/mol. The first kappa shape index (κ1) is 26.8. The third-order valence-corrected chi connectivity index (χ3v) is 7.54. The molecule has 0 unspecified atom stereocenters. The van der Waals surface area contributed by atoms with Crippen molar-refractivity contribution in [3.8, 4) is 11.1 Å². The molecule has 2 aromatic carbocycles. The summed E-state index contributed by atoms with van der Waals surface area (Å²) in [7, 11) is -3.18. The number of halogens is 2. The quantitative estimate of drug-likeness (QED) is 0.458. The van der Waals surface area contributed by atoms with E-state index in [9.17, 15) is 31.6 Å². The summed E-state index contributed by atoms with van der Waals surface area (Å²) in [4.78, 5) is 39.6. The van der Waals surface area contributed by atoms with Gasteiger partial charge in [-0.25, -0.2) is 13.2 Å². The number of hydrogen-bond donors (Lipinski definition) is 2. The number of urea groups is 1. The Labute approximate surface area is 217 Å². The van der Waals surface area contributed by atoms with Crippen molar-refractivity contribution in [2.24, 2.45) is 0 Å². The van der Waals surface area contributed by atoms with Crippen molar-refractivity contribution in [1.29, 1.82) is 0 Å². The summed E-state index contributed by atoms with van der Waals surface area (Å²) in [5, 5.41) is 0. The number of hydrazine groups is 1. The van der Waals surface area contributed by atoms with Gasteiger partial charge in [0.15, 0.2) is 9.84 Å². The summed E-state index contributed by atoms with van der Waals surface area (Å²) in [6, 6.07) is 14.7. The molecule has 0 spiro atoms. The highest BCUT2D eigenvalue weighted by Gasteiger charge is 2.29. The van der Waals surface area contributed by atoms with Crippen LogP contribution in [-0.2, 0) is 21.2 Å². The van der Waals surface area contributed by atoms with Gasteiger partial charge in [0, 0.05) is 29.9 Å². The molecule has 2 heterocycles. The standard InChI is InChI=1S/C25H24F2N4O6S/c26-22(27)24(33)29-28-23(32)19-3-1-17(2-4-19)15-31(25(34)30-10-13-38(35,36)14-11-30)21-7-5-18(6-8-21)20-9-12-37-16-20/h1-9,12,16,22H,10-11,13-15H2,(H,28,32)(H,29,33). The van der Waals surface area contributed by atoms with Gasteiger partial charge in [0.2, 0.25) is 0 Å². The maximum absolute atomic E-state index is 13.5. The number of benzene rings is 2. The number of nitrogens with zero attached hydrogens (tertiary/aromatic N) is 2. The molecule has 1 aliphatic heterocycles. The Balaban J connectivity index is 1.52. The Hall–Kier alpha value is -4.26. The van der Waals surface area contributed by atoms with Crippen LogP contribution in [0.3, 0.4) is 0 Å². The lowest BCUT2D eigenvalue weighted by Crippen LogP contribution is -2.49. The predicted octanol–water partition coefficient (Wildman–Crippen LogP) is 2.83. The number of carbonyl (C=O) groups excluding carboxylic acids is 3. The van der Waals surface area contributed by atoms with Crippen LogP contribution >= 0.6 is 0 Å². The molecule has 1 fully saturated rings. The third-order valence-electron chi connectivity index (χ3n) is 5.93. The van der Waals surface area contributed by atoms with Crippen molar-refractivity contribution in [2.45, 2.75) is 13.0 Å². The highest BCUT2D eigenvalue weighted by molar-refractivity contribution is 7.91. The molecule has 38 heavy (non-hydrogen) atoms. The van der Waals surface area contributed by atoms with E-state index >= 15 is 0 Å². The molecule has 4 rings (SSSR count). The van der Waals surface area contributed by atoms with Crippen molar-refractivity contribution < 1.29 is 36.0 Å². The first-order chi connectivity index (χ1) is 18.1. The van der Waals surface area contributed by atoms with E-state index in [4.69, 9.17) is 4.42 Å². The van der Waals surface area contributed by atoms with E-state index in [1.54, 1.807) is 42.2 Å². The van der Waals surface area contributed by atoms with Gasteiger partial charge in [-0.3, -0.25) is 25.3 Å². The van der Waals surface area contributed by atoms with Crippen LogP contribution in [0.1, 0.15) is 15.9 Å². The number of nitrogens with one attached hydrogen (secondary N) is 2. The maximum Gasteiger partial charge on any atom is 0.324 e. The minimum atomic E-state index is -3.27. The van der Waals surface area contributed by atoms with Gasteiger partial charge in [-0.05, 0) is 41.5 Å². The zero-order chi connectivity index (χ0) is 27.3. The van der Waals surface area contributed by atoms with Gasteiger partial charge in [0.1, 0.15) is 0 Å². The lowest BCUT2D eigenvalue weighted by Gasteiger charge is -2.33. The van der Waals surface area contributed by atoms with Gasteiger partial charge in [-0.2, -0.15) is 8.78 Å². The minimum absolute atomic E-state index is 0.0776. The molecular formula is C25H24F2N4O6S. The number of anilines is 1. The molecule has 0 atom stereocenters. The highest BCUT2D eigenvalue weighted by Crippen LogP contribution is 2.26. The average Bonchev–Trinajstić information content (AvgIpc) is 3.45. The van der Waals surface area contributed by atoms with Crippen LogP contribution in [-0.4, -0.2) is 62.2 Å². The van der Waals surface area contributed by atoms with E-state index in [-0.39, 0.29) is 42.7 Å². The molecule has 200 valence electrons. The van der Waals surface area contributed by atoms with Gasteiger partial charge in [0.25, 0.3) is 5.91 Å². The van der Waals surface area contributed by atoms with Crippen molar-refractivity contribution in [2.75, 3.05) is 29.5 Å². The minimum Gasteiger partial charge on any atom is -0.472 e. The maximum atomic E-state index is 13.5. The van der Waals surface area contributed by atoms with E-state index in [1.165, 1.54) is 21.9 Å². The van der Waals surface area contributed by atoms with Gasteiger partial charge in [-0.1, -0.05) is 24.3 Å². The normalized spacial score (nSPS) is 14.7. The third kappa shape index (κ3) is 6.54. The van der Waals surface area contributed by atoms with Crippen molar-refractivity contribution in [3.63, 3.8) is 0 Å². The molecule has 13 heteroatoms. The van der Waals surface area contributed by atoms with Crippen LogP contribution in [0.25, 0.3) is 11.1 Å².